The molecule has 5 heterocycles. The van der Waals surface area contributed by atoms with E-state index in [0.717, 1.165) is 84.3 Å². The fourth-order valence-electron chi connectivity index (χ4n) is 10.00. The largest absolute Gasteiger partial charge is 0.457 e. The third kappa shape index (κ3) is 6.51. The Balaban J connectivity index is 0.967. The summed E-state index contributed by atoms with van der Waals surface area (Å²) in [5, 5.41) is 0. The quantitative estimate of drug-likeness (QED) is 0.158. The minimum atomic E-state index is -0.699. The number of hydrogen-bond donors (Lipinski definition) is 0. The average Bonchev–Trinajstić information content (AvgIpc) is 3.70. The summed E-state index contributed by atoms with van der Waals surface area (Å²) in [7, 11) is 0. The molecule has 1 spiro atoms. The first-order valence-corrected chi connectivity index (χ1v) is 22.7. The van der Waals surface area contributed by atoms with E-state index in [0.29, 0.717) is 17.5 Å². The van der Waals surface area contributed by atoms with Gasteiger partial charge in [0.1, 0.15) is 11.5 Å². The van der Waals surface area contributed by atoms with Gasteiger partial charge in [-0.15, -0.1) is 0 Å². The first-order valence-electron chi connectivity index (χ1n) is 22.7. The van der Waals surface area contributed by atoms with Gasteiger partial charge in [-0.3, -0.25) is 9.97 Å². The van der Waals surface area contributed by atoms with E-state index in [1.165, 1.54) is 22.3 Å². The molecule has 0 unspecified atom stereocenters. The lowest BCUT2D eigenvalue weighted by atomic mass is 9.65. The third-order valence-corrected chi connectivity index (χ3v) is 13.1. The van der Waals surface area contributed by atoms with E-state index in [9.17, 15) is 0 Å². The van der Waals surface area contributed by atoms with Crippen molar-refractivity contribution in [2.45, 2.75) is 5.41 Å². The zero-order valence-electron chi connectivity index (χ0n) is 36.5. The van der Waals surface area contributed by atoms with Crippen LogP contribution in [0.25, 0.3) is 90.3 Å². The summed E-state index contributed by atoms with van der Waals surface area (Å²) in [6.45, 7) is 0. The molecular weight excluding hydrogens is 833 g/mol. The van der Waals surface area contributed by atoms with E-state index < -0.39 is 5.41 Å². The zero-order chi connectivity index (χ0) is 45.0. The van der Waals surface area contributed by atoms with Crippen molar-refractivity contribution in [1.29, 1.82) is 0 Å². The molecule has 7 heteroatoms. The van der Waals surface area contributed by atoms with Crippen LogP contribution < -0.4 is 4.74 Å². The van der Waals surface area contributed by atoms with Crippen molar-refractivity contribution in [1.82, 2.24) is 29.9 Å². The van der Waals surface area contributed by atoms with Gasteiger partial charge in [0, 0.05) is 40.2 Å². The molecule has 1 aliphatic carbocycles. The van der Waals surface area contributed by atoms with Crippen LogP contribution in [-0.4, -0.2) is 29.9 Å². The maximum absolute atomic E-state index is 6.74. The number of benzene rings is 7. The number of rotatable bonds is 7. The monoisotopic (exact) mass is 870 g/mol. The molecule has 7 nitrogen and oxygen atoms in total. The smallest absolute Gasteiger partial charge is 0.164 e. The Hall–Kier alpha value is -9.20. The van der Waals surface area contributed by atoms with Crippen LogP contribution in [0.1, 0.15) is 22.3 Å². The van der Waals surface area contributed by atoms with Crippen molar-refractivity contribution in [3.63, 3.8) is 0 Å². The summed E-state index contributed by atoms with van der Waals surface area (Å²) in [6, 6.07) is 75.7. The summed E-state index contributed by atoms with van der Waals surface area (Å²) in [5.74, 6) is 3.56. The minimum Gasteiger partial charge on any atom is -0.457 e. The first-order chi connectivity index (χ1) is 33.7. The van der Waals surface area contributed by atoms with Crippen LogP contribution in [0.4, 0.5) is 0 Å². The minimum absolute atomic E-state index is 0.618. The highest BCUT2D eigenvalue weighted by molar-refractivity contribution is 5.92. The van der Waals surface area contributed by atoms with Crippen molar-refractivity contribution >= 4 is 0 Å². The fourth-order valence-corrected chi connectivity index (χ4v) is 10.00. The second-order valence-electron chi connectivity index (χ2n) is 17.0. The van der Waals surface area contributed by atoms with E-state index in [1.807, 2.05) is 109 Å². The lowest BCUT2D eigenvalue weighted by Gasteiger charge is -2.39. The predicted molar refractivity (Wildman–Crippen MR) is 269 cm³/mol. The van der Waals surface area contributed by atoms with Crippen molar-refractivity contribution < 1.29 is 4.74 Å². The molecule has 0 radical (unpaired) electrons. The number of para-hydroxylation sites is 2. The van der Waals surface area contributed by atoms with Crippen LogP contribution in [0, 0.1) is 0 Å². The van der Waals surface area contributed by atoms with Crippen molar-refractivity contribution in [2.75, 3.05) is 0 Å². The number of nitrogens with zero attached hydrogens (tertiary/aromatic N) is 6. The predicted octanol–water partition coefficient (Wildman–Crippen LogP) is 14.2. The van der Waals surface area contributed by atoms with Crippen LogP contribution >= 0.6 is 0 Å². The van der Waals surface area contributed by atoms with Crippen LogP contribution in [0.2, 0.25) is 0 Å². The Morgan fingerprint density at radius 1 is 0.279 bits per heavy atom. The molecule has 13 rings (SSSR count). The molecule has 0 bridgehead atoms. The first kappa shape index (κ1) is 39.2. The van der Waals surface area contributed by atoms with Gasteiger partial charge in [-0.05, 0) is 105 Å². The molecule has 0 atom stereocenters. The maximum atomic E-state index is 6.74. The Morgan fingerprint density at radius 2 is 0.691 bits per heavy atom. The van der Waals surface area contributed by atoms with Crippen LogP contribution in [0.5, 0.6) is 11.5 Å². The summed E-state index contributed by atoms with van der Waals surface area (Å²) in [6.07, 6.45) is 3.61. The van der Waals surface area contributed by atoms with E-state index in [-0.39, 0.29) is 0 Å². The highest BCUT2D eigenvalue weighted by atomic mass is 16.5. The molecule has 1 aliphatic heterocycles. The molecule has 11 aromatic rings. The molecule has 7 aromatic carbocycles. The summed E-state index contributed by atoms with van der Waals surface area (Å²) >= 11 is 0. The Bertz CT molecular complexity index is 3530. The van der Waals surface area contributed by atoms with E-state index in [1.54, 1.807) is 0 Å². The molecular formula is C61H38N6O. The Kier molecular flexibility index (Phi) is 9.25. The molecule has 0 saturated heterocycles. The van der Waals surface area contributed by atoms with Gasteiger partial charge >= 0.3 is 0 Å². The summed E-state index contributed by atoms with van der Waals surface area (Å²) < 4.78 is 6.74. The lowest BCUT2D eigenvalue weighted by Crippen LogP contribution is -2.32. The molecule has 0 amide bonds. The fraction of sp³-hybridized carbons (Fsp3) is 0.0164. The standard InChI is InChI=1S/C61H38N6O/c1-3-15-40(16-4-1)58-65-59(41-17-5-2-6-18-41)67-60(66-58)42-27-25-39(26-28-42)43-29-31-46-47-32-30-44(45-37-54(52-21-11-13-33-62-52)64-55(38-45)53-22-12-14-34-63-53)36-51(47)61(50(46)35-43)48-19-7-9-23-56(48)68-57-24-10-8-20-49(57)61/h1-38H. The van der Waals surface area contributed by atoms with Gasteiger partial charge in [-0.1, -0.05) is 158 Å². The third-order valence-electron chi connectivity index (χ3n) is 13.1. The molecule has 4 aromatic heterocycles. The SMILES string of the molecule is c1ccc(-c2nc(-c3ccccc3)nc(-c3ccc(-c4ccc5c(c4)C4(c6ccccc6Oc6ccccc64)c4cc(-c6cc(-c7ccccn7)nc(-c7ccccn7)c6)ccc4-5)cc3)n2)cc1. The van der Waals surface area contributed by atoms with E-state index in [2.05, 4.69) is 121 Å². The number of aromatic nitrogens is 6. The Labute approximate surface area is 393 Å². The van der Waals surface area contributed by atoms with Gasteiger partial charge in [0.15, 0.2) is 17.5 Å². The molecule has 2 aliphatic rings. The highest BCUT2D eigenvalue weighted by Gasteiger charge is 2.51. The highest BCUT2D eigenvalue weighted by Crippen LogP contribution is 2.63. The summed E-state index contributed by atoms with van der Waals surface area (Å²) in [5.41, 5.74) is 16.5. The molecule has 0 fully saturated rings. The second kappa shape index (κ2) is 16.0. The average molecular weight is 871 g/mol. The second-order valence-corrected chi connectivity index (χ2v) is 17.0. The molecule has 0 N–H and O–H groups in total. The van der Waals surface area contributed by atoms with Crippen molar-refractivity contribution in [3.05, 3.63) is 253 Å². The van der Waals surface area contributed by atoms with Crippen LogP contribution in [0.15, 0.2) is 231 Å². The van der Waals surface area contributed by atoms with Gasteiger partial charge in [0.05, 0.1) is 28.2 Å². The number of hydrogen-bond acceptors (Lipinski definition) is 7. The molecule has 68 heavy (non-hydrogen) atoms. The summed E-state index contributed by atoms with van der Waals surface area (Å²) in [4.78, 5) is 29.4. The van der Waals surface area contributed by atoms with Gasteiger partial charge in [-0.2, -0.15) is 0 Å². The number of pyridine rings is 3. The number of fused-ring (bicyclic) bond motifs is 9. The number of ether oxygens (including phenoxy) is 1. The van der Waals surface area contributed by atoms with Gasteiger partial charge in [-0.25, -0.2) is 19.9 Å². The van der Waals surface area contributed by atoms with E-state index in [4.69, 9.17) is 34.6 Å². The van der Waals surface area contributed by atoms with Crippen molar-refractivity contribution in [3.8, 4) is 102 Å². The molecule has 318 valence electrons. The zero-order valence-corrected chi connectivity index (χ0v) is 36.5. The van der Waals surface area contributed by atoms with Gasteiger partial charge in [0.25, 0.3) is 0 Å². The Morgan fingerprint density at radius 3 is 1.18 bits per heavy atom. The lowest BCUT2D eigenvalue weighted by molar-refractivity contribution is 0.436. The van der Waals surface area contributed by atoms with Gasteiger partial charge in [0.2, 0.25) is 0 Å². The van der Waals surface area contributed by atoms with Crippen LogP contribution in [-0.2, 0) is 5.41 Å². The van der Waals surface area contributed by atoms with E-state index >= 15 is 0 Å². The van der Waals surface area contributed by atoms with Gasteiger partial charge < -0.3 is 4.74 Å². The normalized spacial score (nSPS) is 12.6. The maximum Gasteiger partial charge on any atom is 0.164 e. The van der Waals surface area contributed by atoms with Crippen LogP contribution in [0.3, 0.4) is 0 Å². The topological polar surface area (TPSA) is 86.6 Å². The van der Waals surface area contributed by atoms with Crippen molar-refractivity contribution in [2.24, 2.45) is 0 Å². The molecule has 0 saturated carbocycles.